The van der Waals surface area contributed by atoms with Crippen molar-refractivity contribution < 1.29 is 9.50 Å². The highest BCUT2D eigenvalue weighted by Gasteiger charge is 2.16. The molecular formula is C15H19FN2OS. The highest BCUT2D eigenvalue weighted by molar-refractivity contribution is 7.15. The van der Waals surface area contributed by atoms with Gasteiger partial charge in [0.25, 0.3) is 0 Å². The van der Waals surface area contributed by atoms with E-state index in [0.29, 0.717) is 10.6 Å². The fourth-order valence-electron chi connectivity index (χ4n) is 2.06. The van der Waals surface area contributed by atoms with Crippen LogP contribution in [0.1, 0.15) is 36.9 Å². The Kier molecular flexibility index (Phi) is 4.73. The second-order valence-corrected chi connectivity index (χ2v) is 5.84. The predicted octanol–water partition coefficient (Wildman–Crippen LogP) is 4.02. The van der Waals surface area contributed by atoms with Crippen molar-refractivity contribution in [3.8, 4) is 16.3 Å². The first kappa shape index (κ1) is 14.9. The highest BCUT2D eigenvalue weighted by atomic mass is 32.1. The van der Waals surface area contributed by atoms with Crippen LogP contribution in [0.2, 0.25) is 0 Å². The molecule has 1 aromatic heterocycles. The van der Waals surface area contributed by atoms with E-state index in [4.69, 9.17) is 0 Å². The summed E-state index contributed by atoms with van der Waals surface area (Å²) >= 11 is 1.50. The molecule has 0 spiro atoms. The van der Waals surface area contributed by atoms with Gasteiger partial charge in [-0.25, -0.2) is 9.37 Å². The number of aryl methyl sites for hydroxylation is 1. The molecule has 0 saturated heterocycles. The van der Waals surface area contributed by atoms with Crippen LogP contribution in [0.15, 0.2) is 18.2 Å². The molecule has 0 radical (unpaired) electrons. The van der Waals surface area contributed by atoms with Crippen LogP contribution in [0.4, 0.5) is 4.39 Å². The first-order valence-electron chi connectivity index (χ1n) is 6.72. The molecule has 0 aliphatic rings. The maximum absolute atomic E-state index is 13.9. The zero-order valence-electron chi connectivity index (χ0n) is 11.9. The molecule has 1 unspecified atom stereocenters. The molecule has 0 bridgehead atoms. The lowest BCUT2D eigenvalue weighted by Crippen LogP contribution is -2.18. The van der Waals surface area contributed by atoms with Gasteiger partial charge in [0, 0.05) is 22.5 Å². The van der Waals surface area contributed by atoms with Gasteiger partial charge in [-0.05, 0) is 38.9 Å². The van der Waals surface area contributed by atoms with E-state index < -0.39 is 5.82 Å². The van der Waals surface area contributed by atoms with Gasteiger partial charge in [-0.2, -0.15) is 0 Å². The van der Waals surface area contributed by atoms with Gasteiger partial charge in [-0.15, -0.1) is 11.3 Å². The summed E-state index contributed by atoms with van der Waals surface area (Å²) < 4.78 is 13.9. The van der Waals surface area contributed by atoms with Crippen molar-refractivity contribution in [2.24, 2.45) is 0 Å². The van der Waals surface area contributed by atoms with E-state index in [2.05, 4.69) is 24.1 Å². The van der Waals surface area contributed by atoms with Gasteiger partial charge in [0.2, 0.25) is 0 Å². The number of nitrogens with one attached hydrogen (secondary N) is 1. The number of rotatable bonds is 5. The van der Waals surface area contributed by atoms with E-state index in [1.54, 1.807) is 6.07 Å². The molecule has 2 N–H and O–H groups in total. The van der Waals surface area contributed by atoms with Gasteiger partial charge in [0.15, 0.2) is 0 Å². The Labute approximate surface area is 122 Å². The minimum absolute atomic E-state index is 0.0715. The first-order valence-corrected chi connectivity index (χ1v) is 7.54. The smallest absolute Gasteiger partial charge is 0.137 e. The number of thiazole rings is 1. The summed E-state index contributed by atoms with van der Waals surface area (Å²) in [6.45, 7) is 7.10. The molecule has 1 aromatic carbocycles. The van der Waals surface area contributed by atoms with Crippen LogP contribution < -0.4 is 5.32 Å². The van der Waals surface area contributed by atoms with Crippen LogP contribution >= 0.6 is 11.3 Å². The van der Waals surface area contributed by atoms with Crippen LogP contribution in [0.25, 0.3) is 10.6 Å². The molecule has 5 heteroatoms. The zero-order chi connectivity index (χ0) is 14.7. The van der Waals surface area contributed by atoms with Crippen molar-refractivity contribution >= 4 is 11.3 Å². The van der Waals surface area contributed by atoms with Crippen molar-refractivity contribution in [2.75, 3.05) is 6.54 Å². The summed E-state index contributed by atoms with van der Waals surface area (Å²) in [7, 11) is 0. The molecular weight excluding hydrogens is 275 g/mol. The quantitative estimate of drug-likeness (QED) is 0.875. The standard InChI is InChI=1S/C15H19FN2OS/c1-4-7-17-9(2)14-10(3)18-15(20-14)12-6-5-11(19)8-13(12)16/h5-6,8-9,17,19H,4,7H2,1-3H3. The van der Waals surface area contributed by atoms with Crippen LogP contribution in [-0.2, 0) is 0 Å². The number of nitrogens with zero attached hydrogens (tertiary/aromatic N) is 1. The predicted molar refractivity (Wildman–Crippen MR) is 80.6 cm³/mol. The molecule has 0 aliphatic heterocycles. The van der Waals surface area contributed by atoms with Crippen molar-refractivity contribution in [1.29, 1.82) is 0 Å². The number of phenols is 1. The maximum atomic E-state index is 13.9. The largest absolute Gasteiger partial charge is 0.508 e. The van der Waals surface area contributed by atoms with Gasteiger partial charge in [0.05, 0.1) is 5.69 Å². The molecule has 3 nitrogen and oxygen atoms in total. The van der Waals surface area contributed by atoms with Crippen LogP contribution in [0.5, 0.6) is 5.75 Å². The van der Waals surface area contributed by atoms with Gasteiger partial charge < -0.3 is 10.4 Å². The van der Waals surface area contributed by atoms with E-state index in [9.17, 15) is 9.50 Å². The summed E-state index contributed by atoms with van der Waals surface area (Å²) in [5.41, 5.74) is 1.36. The maximum Gasteiger partial charge on any atom is 0.137 e. The fourth-order valence-corrected chi connectivity index (χ4v) is 3.18. The summed E-state index contributed by atoms with van der Waals surface area (Å²) in [5.74, 6) is -0.516. The van der Waals surface area contributed by atoms with Gasteiger partial charge >= 0.3 is 0 Å². The van der Waals surface area contributed by atoms with Crippen LogP contribution in [0, 0.1) is 12.7 Å². The summed E-state index contributed by atoms with van der Waals surface area (Å²) in [4.78, 5) is 5.58. The van der Waals surface area contributed by atoms with E-state index in [0.717, 1.165) is 29.6 Å². The topological polar surface area (TPSA) is 45.1 Å². The SMILES string of the molecule is CCCNC(C)c1sc(-c2ccc(O)cc2F)nc1C. The van der Waals surface area contributed by atoms with E-state index in [1.165, 1.54) is 17.4 Å². The third kappa shape index (κ3) is 3.16. The minimum Gasteiger partial charge on any atom is -0.508 e. The first-order chi connectivity index (χ1) is 9.52. The number of hydrogen-bond donors (Lipinski definition) is 2. The second kappa shape index (κ2) is 6.33. The Morgan fingerprint density at radius 3 is 2.85 bits per heavy atom. The summed E-state index contributed by atoms with van der Waals surface area (Å²) in [5, 5.41) is 13.3. The van der Waals surface area contributed by atoms with Gasteiger partial charge in [-0.1, -0.05) is 6.92 Å². The van der Waals surface area contributed by atoms with E-state index in [-0.39, 0.29) is 11.8 Å². The van der Waals surface area contributed by atoms with E-state index in [1.807, 2.05) is 6.92 Å². The molecule has 1 heterocycles. The van der Waals surface area contributed by atoms with Gasteiger partial charge in [-0.3, -0.25) is 0 Å². The number of aromatic hydroxyl groups is 1. The average molecular weight is 294 g/mol. The van der Waals surface area contributed by atoms with Crippen LogP contribution in [-0.4, -0.2) is 16.6 Å². The lowest BCUT2D eigenvalue weighted by Gasteiger charge is -2.11. The van der Waals surface area contributed by atoms with Crippen molar-refractivity contribution in [3.05, 3.63) is 34.6 Å². The summed E-state index contributed by atoms with van der Waals surface area (Å²) in [6, 6.07) is 4.37. The van der Waals surface area contributed by atoms with E-state index >= 15 is 0 Å². The second-order valence-electron chi connectivity index (χ2n) is 4.81. The molecule has 2 rings (SSSR count). The highest BCUT2D eigenvalue weighted by Crippen LogP contribution is 2.33. The number of benzene rings is 1. The molecule has 0 amide bonds. The molecule has 0 saturated carbocycles. The van der Waals surface area contributed by atoms with Crippen LogP contribution in [0.3, 0.4) is 0 Å². The zero-order valence-corrected chi connectivity index (χ0v) is 12.7. The normalized spacial score (nSPS) is 12.6. The van der Waals surface area contributed by atoms with Crippen molar-refractivity contribution in [2.45, 2.75) is 33.2 Å². The van der Waals surface area contributed by atoms with Crippen molar-refractivity contribution in [3.63, 3.8) is 0 Å². The Balaban J connectivity index is 2.30. The molecule has 108 valence electrons. The minimum atomic E-state index is -0.445. The lowest BCUT2D eigenvalue weighted by molar-refractivity contribution is 0.469. The molecule has 0 aliphatic carbocycles. The molecule has 20 heavy (non-hydrogen) atoms. The Hall–Kier alpha value is -1.46. The monoisotopic (exact) mass is 294 g/mol. The van der Waals surface area contributed by atoms with Gasteiger partial charge in [0.1, 0.15) is 16.6 Å². The average Bonchev–Trinajstić information content (AvgIpc) is 2.78. The Morgan fingerprint density at radius 1 is 1.45 bits per heavy atom. The Bertz CT molecular complexity index is 598. The number of aromatic nitrogens is 1. The fraction of sp³-hybridized carbons (Fsp3) is 0.400. The lowest BCUT2D eigenvalue weighted by atomic mass is 10.2. The van der Waals surface area contributed by atoms with Crippen molar-refractivity contribution in [1.82, 2.24) is 10.3 Å². The molecule has 1 atom stereocenters. The Morgan fingerprint density at radius 2 is 2.20 bits per heavy atom. The summed E-state index contributed by atoms with van der Waals surface area (Å²) in [6.07, 6.45) is 1.07. The number of hydrogen-bond acceptors (Lipinski definition) is 4. The molecule has 0 fully saturated rings. The third-order valence-electron chi connectivity index (χ3n) is 3.11. The number of phenolic OH excluding ortho intramolecular Hbond substituents is 1. The third-order valence-corrected chi connectivity index (χ3v) is 4.48. The molecule has 2 aromatic rings. The number of halogens is 1.